The number of anilines is 1. The summed E-state index contributed by atoms with van der Waals surface area (Å²) in [6.45, 7) is 9.68. The molecule has 0 radical (unpaired) electrons. The molecule has 3 N–H and O–H groups in total. The number of nitrogens with zero attached hydrogens (tertiary/aromatic N) is 2. The first-order chi connectivity index (χ1) is 12.5. The van der Waals surface area contributed by atoms with Gasteiger partial charge in [0.15, 0.2) is 5.96 Å². The summed E-state index contributed by atoms with van der Waals surface area (Å²) in [6, 6.07) is 5.58. The zero-order valence-corrected chi connectivity index (χ0v) is 19.0. The van der Waals surface area contributed by atoms with E-state index in [0.29, 0.717) is 31.4 Å². The normalized spacial score (nSPS) is 16.2. The largest absolute Gasteiger partial charge is 0.378 e. The van der Waals surface area contributed by atoms with Gasteiger partial charge in [-0.15, -0.1) is 24.0 Å². The highest BCUT2D eigenvalue weighted by Crippen LogP contribution is 2.22. The van der Waals surface area contributed by atoms with Crippen molar-refractivity contribution in [2.75, 3.05) is 31.2 Å². The summed E-state index contributed by atoms with van der Waals surface area (Å²) in [5.74, 6) is 0.927. The smallest absolute Gasteiger partial charge is 0.189 e. The molecule has 1 atom stereocenters. The van der Waals surface area contributed by atoms with Crippen LogP contribution in [0.4, 0.5) is 10.1 Å². The molecule has 1 unspecified atom stereocenters. The van der Waals surface area contributed by atoms with Crippen molar-refractivity contribution in [2.45, 2.75) is 52.6 Å². The van der Waals surface area contributed by atoms with Crippen LogP contribution in [0.1, 0.15) is 45.6 Å². The van der Waals surface area contributed by atoms with Crippen molar-refractivity contribution < 1.29 is 9.13 Å². The molecule has 1 fully saturated rings. The maximum Gasteiger partial charge on any atom is 0.189 e. The maximum absolute atomic E-state index is 14.4. The molecule has 1 heterocycles. The van der Waals surface area contributed by atoms with Crippen molar-refractivity contribution >= 4 is 35.6 Å². The number of nitrogens with two attached hydrogens (primary N) is 1. The highest BCUT2D eigenvalue weighted by molar-refractivity contribution is 14.0. The Morgan fingerprint density at radius 3 is 2.59 bits per heavy atom. The topological polar surface area (TPSA) is 62.9 Å². The van der Waals surface area contributed by atoms with E-state index < -0.39 is 0 Å². The van der Waals surface area contributed by atoms with Crippen LogP contribution in [0, 0.1) is 11.7 Å². The van der Waals surface area contributed by atoms with Crippen LogP contribution in [0.3, 0.4) is 0 Å². The summed E-state index contributed by atoms with van der Waals surface area (Å²) < 4.78 is 19.7. The van der Waals surface area contributed by atoms with Crippen LogP contribution in [-0.4, -0.2) is 38.3 Å². The second kappa shape index (κ2) is 12.4. The van der Waals surface area contributed by atoms with Crippen molar-refractivity contribution in [1.29, 1.82) is 0 Å². The Labute approximate surface area is 180 Å². The minimum absolute atomic E-state index is 0. The summed E-state index contributed by atoms with van der Waals surface area (Å²) in [4.78, 5) is 6.36. The number of morpholine rings is 1. The molecule has 1 aliphatic rings. The van der Waals surface area contributed by atoms with Gasteiger partial charge in [-0.05, 0) is 37.0 Å². The SMILES string of the molecule is CC(C)CCCC(C)NC(N)=NCc1ccc(N2CCOCC2)c(F)c1.I. The van der Waals surface area contributed by atoms with E-state index in [1.807, 2.05) is 17.0 Å². The average molecular weight is 492 g/mol. The van der Waals surface area contributed by atoms with Gasteiger partial charge in [-0.3, -0.25) is 0 Å². The zero-order valence-electron chi connectivity index (χ0n) is 16.7. The van der Waals surface area contributed by atoms with Crippen LogP contribution in [-0.2, 0) is 11.3 Å². The number of halogens is 2. The monoisotopic (exact) mass is 492 g/mol. The van der Waals surface area contributed by atoms with Crippen LogP contribution in [0.2, 0.25) is 0 Å². The fraction of sp³-hybridized carbons (Fsp3) is 0.650. The third kappa shape index (κ3) is 8.64. The molecule has 0 bridgehead atoms. The van der Waals surface area contributed by atoms with Crippen molar-refractivity contribution in [2.24, 2.45) is 16.6 Å². The van der Waals surface area contributed by atoms with Crippen LogP contribution >= 0.6 is 24.0 Å². The predicted octanol–water partition coefficient (Wildman–Crippen LogP) is 3.90. The molecule has 0 amide bonds. The first-order valence-corrected chi connectivity index (χ1v) is 9.63. The van der Waals surface area contributed by atoms with E-state index in [4.69, 9.17) is 10.5 Å². The first-order valence-electron chi connectivity index (χ1n) is 9.63. The van der Waals surface area contributed by atoms with E-state index in [2.05, 4.69) is 31.1 Å². The summed E-state index contributed by atoms with van der Waals surface area (Å²) in [7, 11) is 0. The molecule has 0 aliphatic carbocycles. The van der Waals surface area contributed by atoms with Crippen LogP contribution in [0.5, 0.6) is 0 Å². The number of rotatable bonds is 8. The summed E-state index contributed by atoms with van der Waals surface area (Å²) >= 11 is 0. The molecule has 7 heteroatoms. The Hall–Kier alpha value is -1.09. The fourth-order valence-electron chi connectivity index (χ4n) is 3.09. The highest BCUT2D eigenvalue weighted by Gasteiger charge is 2.15. The highest BCUT2D eigenvalue weighted by atomic mass is 127. The number of nitrogens with one attached hydrogen (secondary N) is 1. The van der Waals surface area contributed by atoms with Crippen molar-refractivity contribution in [3.63, 3.8) is 0 Å². The van der Waals surface area contributed by atoms with Gasteiger partial charge in [-0.25, -0.2) is 9.38 Å². The van der Waals surface area contributed by atoms with Gasteiger partial charge in [0.05, 0.1) is 25.4 Å². The number of ether oxygens (including phenoxy) is 1. The molecule has 154 valence electrons. The lowest BCUT2D eigenvalue weighted by molar-refractivity contribution is 0.122. The third-order valence-electron chi connectivity index (χ3n) is 4.61. The number of guanidine groups is 1. The molecule has 1 aromatic carbocycles. The molecular formula is C20H34FIN4O. The number of hydrogen-bond acceptors (Lipinski definition) is 3. The van der Waals surface area contributed by atoms with Gasteiger partial charge in [0.1, 0.15) is 5.82 Å². The van der Waals surface area contributed by atoms with Gasteiger partial charge >= 0.3 is 0 Å². The number of aliphatic imine (C=N–C) groups is 1. The van der Waals surface area contributed by atoms with Gasteiger partial charge in [0.2, 0.25) is 0 Å². The Bertz CT molecular complexity index is 591. The average Bonchev–Trinajstić information content (AvgIpc) is 2.60. The number of hydrogen-bond donors (Lipinski definition) is 2. The third-order valence-corrected chi connectivity index (χ3v) is 4.61. The van der Waals surface area contributed by atoms with Crippen LogP contribution in [0.25, 0.3) is 0 Å². The Balaban J connectivity index is 0.00000364. The molecule has 0 saturated carbocycles. The molecule has 5 nitrogen and oxygen atoms in total. The van der Waals surface area contributed by atoms with E-state index in [-0.39, 0.29) is 35.8 Å². The van der Waals surface area contributed by atoms with Crippen LogP contribution < -0.4 is 16.0 Å². The Kier molecular flexibility index (Phi) is 11.0. The summed E-state index contributed by atoms with van der Waals surface area (Å²) in [5.41, 5.74) is 7.41. The van der Waals surface area contributed by atoms with Crippen molar-refractivity contribution in [3.05, 3.63) is 29.6 Å². The van der Waals surface area contributed by atoms with E-state index in [9.17, 15) is 4.39 Å². The molecule has 1 aliphatic heterocycles. The minimum Gasteiger partial charge on any atom is -0.378 e. The van der Waals surface area contributed by atoms with Gasteiger partial charge in [0.25, 0.3) is 0 Å². The maximum atomic E-state index is 14.4. The lowest BCUT2D eigenvalue weighted by atomic mass is 10.0. The van der Waals surface area contributed by atoms with E-state index >= 15 is 0 Å². The Morgan fingerprint density at radius 1 is 1.26 bits per heavy atom. The van der Waals surface area contributed by atoms with Crippen molar-refractivity contribution in [3.8, 4) is 0 Å². The van der Waals surface area contributed by atoms with Gasteiger partial charge in [-0.1, -0.05) is 32.8 Å². The zero-order chi connectivity index (χ0) is 18.9. The van der Waals surface area contributed by atoms with E-state index in [1.54, 1.807) is 6.07 Å². The molecule has 1 saturated heterocycles. The summed E-state index contributed by atoms with van der Waals surface area (Å²) in [6.07, 6.45) is 3.46. The standard InChI is InChI=1S/C20H33FN4O.HI/c1-15(2)5-4-6-16(3)24-20(22)23-14-17-7-8-19(18(21)13-17)25-9-11-26-12-10-25;/h7-8,13,15-16H,4-6,9-12,14H2,1-3H3,(H3,22,23,24);1H. The predicted molar refractivity (Wildman–Crippen MR) is 121 cm³/mol. The number of benzene rings is 1. The van der Waals surface area contributed by atoms with Crippen molar-refractivity contribution in [1.82, 2.24) is 5.32 Å². The second-order valence-corrected chi connectivity index (χ2v) is 7.46. The van der Waals surface area contributed by atoms with E-state index in [1.165, 1.54) is 12.8 Å². The first kappa shape index (κ1) is 23.9. The lowest BCUT2D eigenvalue weighted by Crippen LogP contribution is -2.38. The second-order valence-electron chi connectivity index (χ2n) is 7.46. The molecular weight excluding hydrogens is 458 g/mol. The minimum atomic E-state index is -0.215. The molecule has 0 aromatic heterocycles. The molecule has 0 spiro atoms. The van der Waals surface area contributed by atoms with Gasteiger partial charge in [-0.2, -0.15) is 0 Å². The van der Waals surface area contributed by atoms with Crippen LogP contribution in [0.15, 0.2) is 23.2 Å². The fourth-order valence-corrected chi connectivity index (χ4v) is 3.09. The van der Waals surface area contributed by atoms with Gasteiger partial charge < -0.3 is 20.7 Å². The Morgan fingerprint density at radius 2 is 1.96 bits per heavy atom. The van der Waals surface area contributed by atoms with E-state index in [0.717, 1.165) is 31.0 Å². The molecule has 1 aromatic rings. The van der Waals surface area contributed by atoms with Gasteiger partial charge in [0, 0.05) is 19.1 Å². The quantitative estimate of drug-likeness (QED) is 0.328. The molecule has 2 rings (SSSR count). The summed E-state index contributed by atoms with van der Waals surface area (Å²) in [5, 5.41) is 3.21. The lowest BCUT2D eigenvalue weighted by Gasteiger charge is -2.29. The molecule has 27 heavy (non-hydrogen) atoms.